The highest BCUT2D eigenvalue weighted by Crippen LogP contribution is 2.35. The van der Waals surface area contributed by atoms with Crippen LogP contribution in [0, 0.1) is 25.7 Å². The number of carboxylic acids is 1. The smallest absolute Gasteiger partial charge is 0.307 e. The number of hydrogen-bond acceptors (Lipinski definition) is 2. The molecule has 1 fully saturated rings. The third-order valence-electron chi connectivity index (χ3n) is 4.97. The van der Waals surface area contributed by atoms with Crippen molar-refractivity contribution in [3.63, 3.8) is 0 Å². The molecule has 0 heterocycles. The summed E-state index contributed by atoms with van der Waals surface area (Å²) in [7, 11) is 0. The lowest BCUT2D eigenvalue weighted by atomic mass is 9.73. The number of nitrogens with one attached hydrogen (secondary N) is 1. The number of benzene rings is 2. The number of aryl methyl sites for hydroxylation is 2. The molecule has 0 radical (unpaired) electrons. The fourth-order valence-electron chi connectivity index (χ4n) is 3.42. The molecule has 0 saturated heterocycles. The van der Waals surface area contributed by atoms with Crippen LogP contribution in [0.5, 0.6) is 0 Å². The van der Waals surface area contributed by atoms with E-state index in [4.69, 9.17) is 0 Å². The predicted octanol–water partition coefficient (Wildman–Crippen LogP) is 3.62. The SMILES string of the molecule is Cc1cccc(C(NC(=O)C2CCC2C(=O)O)c2cccc(C)c2)c1. The highest BCUT2D eigenvalue weighted by molar-refractivity contribution is 5.86. The Kier molecular flexibility index (Phi) is 4.88. The molecule has 1 saturated carbocycles. The molecule has 25 heavy (non-hydrogen) atoms. The van der Waals surface area contributed by atoms with Crippen molar-refractivity contribution < 1.29 is 14.7 Å². The summed E-state index contributed by atoms with van der Waals surface area (Å²) in [5.41, 5.74) is 4.25. The van der Waals surface area contributed by atoms with Crippen LogP contribution in [0.3, 0.4) is 0 Å². The lowest BCUT2D eigenvalue weighted by Gasteiger charge is -2.33. The van der Waals surface area contributed by atoms with Gasteiger partial charge in [0.1, 0.15) is 0 Å². The molecule has 2 aromatic carbocycles. The number of rotatable bonds is 5. The largest absolute Gasteiger partial charge is 0.481 e. The lowest BCUT2D eigenvalue weighted by Crippen LogP contribution is -2.45. The van der Waals surface area contributed by atoms with E-state index in [1.165, 1.54) is 0 Å². The van der Waals surface area contributed by atoms with Gasteiger partial charge in [0.15, 0.2) is 0 Å². The van der Waals surface area contributed by atoms with Crippen LogP contribution in [0.1, 0.15) is 41.1 Å². The van der Waals surface area contributed by atoms with E-state index >= 15 is 0 Å². The van der Waals surface area contributed by atoms with E-state index in [9.17, 15) is 14.7 Å². The van der Waals surface area contributed by atoms with E-state index < -0.39 is 17.8 Å². The molecule has 0 aliphatic heterocycles. The number of carbonyl (C=O) groups is 2. The van der Waals surface area contributed by atoms with Gasteiger partial charge in [0.05, 0.1) is 17.9 Å². The summed E-state index contributed by atoms with van der Waals surface area (Å²) in [5.74, 6) is -2.05. The lowest BCUT2D eigenvalue weighted by molar-refractivity contribution is -0.152. The van der Waals surface area contributed by atoms with E-state index in [2.05, 4.69) is 17.4 Å². The van der Waals surface area contributed by atoms with Crippen LogP contribution < -0.4 is 5.32 Å². The first-order chi connectivity index (χ1) is 12.0. The number of carboxylic acid groups (broad SMARTS) is 1. The molecule has 1 aliphatic rings. The monoisotopic (exact) mass is 337 g/mol. The van der Waals surface area contributed by atoms with Gasteiger partial charge in [0.25, 0.3) is 0 Å². The first-order valence-corrected chi connectivity index (χ1v) is 8.62. The molecule has 4 nitrogen and oxygen atoms in total. The summed E-state index contributed by atoms with van der Waals surface area (Å²) < 4.78 is 0. The molecule has 1 aliphatic carbocycles. The van der Waals surface area contributed by atoms with Crippen molar-refractivity contribution in [2.75, 3.05) is 0 Å². The molecule has 2 aromatic rings. The van der Waals surface area contributed by atoms with Crippen molar-refractivity contribution in [3.05, 3.63) is 70.8 Å². The number of carbonyl (C=O) groups excluding carboxylic acids is 1. The zero-order valence-corrected chi connectivity index (χ0v) is 14.5. The summed E-state index contributed by atoms with van der Waals surface area (Å²) in [4.78, 5) is 23.9. The van der Waals surface area contributed by atoms with Gasteiger partial charge in [-0.2, -0.15) is 0 Å². The molecule has 2 N–H and O–H groups in total. The zero-order valence-electron chi connectivity index (χ0n) is 14.5. The van der Waals surface area contributed by atoms with Crippen molar-refractivity contribution >= 4 is 11.9 Å². The van der Waals surface area contributed by atoms with Crippen molar-refractivity contribution in [1.29, 1.82) is 0 Å². The van der Waals surface area contributed by atoms with Gasteiger partial charge >= 0.3 is 5.97 Å². The zero-order chi connectivity index (χ0) is 18.0. The Morgan fingerprint density at radius 1 is 0.960 bits per heavy atom. The Bertz CT molecular complexity index is 754. The standard InChI is InChI=1S/C21H23NO3/c1-13-5-3-7-15(11-13)19(16-8-4-6-14(2)12-16)22-20(23)17-9-10-18(17)21(24)25/h3-8,11-12,17-19H,9-10H2,1-2H3,(H,22,23)(H,24,25). The van der Waals surface area contributed by atoms with Gasteiger partial charge in [-0.15, -0.1) is 0 Å². The third-order valence-corrected chi connectivity index (χ3v) is 4.97. The van der Waals surface area contributed by atoms with Crippen LogP contribution in [-0.4, -0.2) is 17.0 Å². The third kappa shape index (κ3) is 3.73. The maximum atomic E-state index is 12.7. The van der Waals surface area contributed by atoms with E-state index in [-0.39, 0.29) is 11.9 Å². The second-order valence-electron chi connectivity index (χ2n) is 6.90. The summed E-state index contributed by atoms with van der Waals surface area (Å²) >= 11 is 0. The number of hydrogen-bond donors (Lipinski definition) is 2. The Labute approximate surface area is 147 Å². The van der Waals surface area contributed by atoms with Gasteiger partial charge in [0.2, 0.25) is 5.91 Å². The van der Waals surface area contributed by atoms with E-state index in [1.54, 1.807) is 0 Å². The molecule has 2 atom stereocenters. The van der Waals surface area contributed by atoms with Crippen LogP contribution in [-0.2, 0) is 9.59 Å². The summed E-state index contributed by atoms with van der Waals surface area (Å²) in [6, 6.07) is 15.8. The van der Waals surface area contributed by atoms with Crippen LogP contribution in [0.4, 0.5) is 0 Å². The fourth-order valence-corrected chi connectivity index (χ4v) is 3.42. The molecule has 4 heteroatoms. The highest BCUT2D eigenvalue weighted by atomic mass is 16.4. The fraction of sp³-hybridized carbons (Fsp3) is 0.333. The van der Waals surface area contributed by atoms with Crippen molar-refractivity contribution in [2.45, 2.75) is 32.7 Å². The Balaban J connectivity index is 1.89. The number of amides is 1. The summed E-state index contributed by atoms with van der Waals surface area (Å²) in [5, 5.41) is 12.3. The Morgan fingerprint density at radius 3 is 1.88 bits per heavy atom. The molecular weight excluding hydrogens is 314 g/mol. The van der Waals surface area contributed by atoms with Gasteiger partial charge in [-0.25, -0.2) is 0 Å². The quantitative estimate of drug-likeness (QED) is 0.876. The topological polar surface area (TPSA) is 66.4 Å². The first-order valence-electron chi connectivity index (χ1n) is 8.62. The van der Waals surface area contributed by atoms with Crippen molar-refractivity contribution in [2.24, 2.45) is 11.8 Å². The average Bonchev–Trinajstić information content (AvgIpc) is 2.51. The molecule has 0 bridgehead atoms. The van der Waals surface area contributed by atoms with Crippen LogP contribution >= 0.6 is 0 Å². The summed E-state index contributed by atoms with van der Waals surface area (Å²) in [6.45, 7) is 4.04. The van der Waals surface area contributed by atoms with Crippen LogP contribution in [0.15, 0.2) is 48.5 Å². The first kappa shape index (κ1) is 17.2. The van der Waals surface area contributed by atoms with Crippen LogP contribution in [0.25, 0.3) is 0 Å². The predicted molar refractivity (Wildman–Crippen MR) is 96.2 cm³/mol. The van der Waals surface area contributed by atoms with Gasteiger partial charge in [-0.1, -0.05) is 59.7 Å². The van der Waals surface area contributed by atoms with Crippen molar-refractivity contribution in [1.82, 2.24) is 5.32 Å². The van der Waals surface area contributed by atoms with Gasteiger partial charge in [-0.05, 0) is 37.8 Å². The minimum absolute atomic E-state index is 0.174. The van der Waals surface area contributed by atoms with Gasteiger partial charge in [0, 0.05) is 0 Å². The molecule has 130 valence electrons. The minimum Gasteiger partial charge on any atom is -0.481 e. The molecule has 0 aromatic heterocycles. The molecule has 2 unspecified atom stereocenters. The van der Waals surface area contributed by atoms with E-state index in [1.807, 2.05) is 50.2 Å². The maximum Gasteiger partial charge on any atom is 0.307 e. The van der Waals surface area contributed by atoms with E-state index in [0.717, 1.165) is 22.3 Å². The number of aliphatic carboxylic acids is 1. The summed E-state index contributed by atoms with van der Waals surface area (Å²) in [6.07, 6.45) is 1.21. The molecule has 0 spiro atoms. The maximum absolute atomic E-state index is 12.7. The second kappa shape index (κ2) is 7.09. The van der Waals surface area contributed by atoms with Crippen LogP contribution in [0.2, 0.25) is 0 Å². The highest BCUT2D eigenvalue weighted by Gasteiger charge is 2.42. The second-order valence-corrected chi connectivity index (χ2v) is 6.90. The molecular formula is C21H23NO3. The molecule has 1 amide bonds. The van der Waals surface area contributed by atoms with E-state index in [0.29, 0.717) is 12.8 Å². The Morgan fingerprint density at radius 2 is 1.48 bits per heavy atom. The molecule has 3 rings (SSSR count). The van der Waals surface area contributed by atoms with Gasteiger partial charge in [-0.3, -0.25) is 9.59 Å². The van der Waals surface area contributed by atoms with Gasteiger partial charge < -0.3 is 10.4 Å². The van der Waals surface area contributed by atoms with Crippen molar-refractivity contribution in [3.8, 4) is 0 Å². The minimum atomic E-state index is -0.880. The normalized spacial score (nSPS) is 19.3. The Hall–Kier alpha value is -2.62. The average molecular weight is 337 g/mol.